The van der Waals surface area contributed by atoms with E-state index in [2.05, 4.69) is 4.99 Å². The highest BCUT2D eigenvalue weighted by Crippen LogP contribution is 2.28. The number of rotatable bonds is 3. The van der Waals surface area contributed by atoms with Crippen molar-refractivity contribution in [2.24, 2.45) is 10.7 Å². The third kappa shape index (κ3) is 3.32. The van der Waals surface area contributed by atoms with E-state index in [1.807, 2.05) is 4.90 Å². The molecule has 126 valence electrons. The summed E-state index contributed by atoms with van der Waals surface area (Å²) in [4.78, 5) is 30.7. The van der Waals surface area contributed by atoms with Gasteiger partial charge in [0.25, 0.3) is 5.91 Å². The van der Waals surface area contributed by atoms with Gasteiger partial charge < -0.3 is 15.4 Å². The first-order valence-electron chi connectivity index (χ1n) is 8.22. The van der Waals surface area contributed by atoms with Crippen molar-refractivity contribution in [1.82, 2.24) is 4.90 Å². The summed E-state index contributed by atoms with van der Waals surface area (Å²) in [5, 5.41) is 0. The lowest BCUT2D eigenvalue weighted by Gasteiger charge is -2.15. The molecule has 24 heavy (non-hydrogen) atoms. The average Bonchev–Trinajstić information content (AvgIpc) is 3.03. The molecule has 0 bridgehead atoms. The molecule has 2 aliphatic heterocycles. The van der Waals surface area contributed by atoms with Crippen molar-refractivity contribution in [3.05, 3.63) is 34.9 Å². The zero-order valence-electron chi connectivity index (χ0n) is 13.7. The number of ether oxygens (including phenoxy) is 1. The van der Waals surface area contributed by atoms with E-state index in [1.165, 1.54) is 0 Å². The second-order valence-electron chi connectivity index (χ2n) is 5.94. The van der Waals surface area contributed by atoms with Gasteiger partial charge in [0.05, 0.1) is 12.3 Å². The molecule has 0 radical (unpaired) electrons. The minimum Gasteiger partial charge on any atom is -0.463 e. The van der Waals surface area contributed by atoms with Crippen LogP contribution in [-0.2, 0) is 9.53 Å². The maximum Gasteiger partial charge on any atom is 0.334 e. The average molecular weight is 327 g/mol. The first kappa shape index (κ1) is 16.2. The maximum absolute atomic E-state index is 12.5. The highest BCUT2D eigenvalue weighted by molar-refractivity contribution is 6.04. The fourth-order valence-corrected chi connectivity index (χ4v) is 2.98. The minimum atomic E-state index is -0.388. The lowest BCUT2D eigenvalue weighted by atomic mass is 10.0. The topological polar surface area (TPSA) is 85.0 Å². The molecule has 0 spiro atoms. The Hall–Kier alpha value is -2.63. The monoisotopic (exact) mass is 327 g/mol. The van der Waals surface area contributed by atoms with Crippen LogP contribution >= 0.6 is 0 Å². The Kier molecular flexibility index (Phi) is 4.64. The van der Waals surface area contributed by atoms with Crippen LogP contribution in [0.25, 0.3) is 6.08 Å². The summed E-state index contributed by atoms with van der Waals surface area (Å²) in [5.74, 6) is -0.0394. The minimum absolute atomic E-state index is 0.0166. The van der Waals surface area contributed by atoms with Gasteiger partial charge in [-0.15, -0.1) is 0 Å². The second-order valence-corrected chi connectivity index (χ2v) is 5.94. The van der Waals surface area contributed by atoms with Gasteiger partial charge in [0.15, 0.2) is 0 Å². The molecule has 0 unspecified atom stereocenters. The Bertz CT molecular complexity index is 731. The summed E-state index contributed by atoms with van der Waals surface area (Å²) in [7, 11) is 0. The predicted molar refractivity (Wildman–Crippen MR) is 92.1 cm³/mol. The number of nitrogens with zero attached hydrogens (tertiary/aromatic N) is 2. The molecule has 6 heteroatoms. The van der Waals surface area contributed by atoms with E-state index in [-0.39, 0.29) is 18.3 Å². The normalized spacial score (nSPS) is 16.8. The van der Waals surface area contributed by atoms with Gasteiger partial charge in [0, 0.05) is 36.2 Å². The van der Waals surface area contributed by atoms with Crippen molar-refractivity contribution < 1.29 is 14.3 Å². The van der Waals surface area contributed by atoms with Crippen molar-refractivity contribution in [1.29, 1.82) is 0 Å². The molecule has 0 aromatic heterocycles. The molecule has 0 aliphatic carbocycles. The molecule has 1 aromatic rings. The van der Waals surface area contributed by atoms with Gasteiger partial charge in [0.2, 0.25) is 0 Å². The van der Waals surface area contributed by atoms with E-state index in [9.17, 15) is 9.59 Å². The lowest BCUT2D eigenvalue weighted by molar-refractivity contribution is -0.138. The van der Waals surface area contributed by atoms with Crippen molar-refractivity contribution >= 4 is 29.5 Å². The van der Waals surface area contributed by atoms with Crippen molar-refractivity contribution in [3.8, 4) is 0 Å². The van der Waals surface area contributed by atoms with E-state index in [0.29, 0.717) is 29.3 Å². The van der Waals surface area contributed by atoms with Gasteiger partial charge in [-0.05, 0) is 38.0 Å². The van der Waals surface area contributed by atoms with Gasteiger partial charge in [-0.2, -0.15) is 0 Å². The number of amidine groups is 1. The molecule has 1 fully saturated rings. The quantitative estimate of drug-likeness (QED) is 0.863. The fourth-order valence-electron chi connectivity index (χ4n) is 2.98. The maximum atomic E-state index is 12.5. The Labute approximate surface area is 141 Å². The molecule has 2 N–H and O–H groups in total. The number of fused-ring (bicyclic) bond motifs is 1. The number of esters is 1. The van der Waals surface area contributed by atoms with Crippen LogP contribution in [0, 0.1) is 0 Å². The molecular formula is C18H21N3O3. The van der Waals surface area contributed by atoms with Crippen LogP contribution in [0.15, 0.2) is 28.8 Å². The Morgan fingerprint density at radius 3 is 2.75 bits per heavy atom. The van der Waals surface area contributed by atoms with Crippen LogP contribution < -0.4 is 5.73 Å². The molecule has 2 heterocycles. The Morgan fingerprint density at radius 2 is 2.04 bits per heavy atom. The van der Waals surface area contributed by atoms with E-state index in [0.717, 1.165) is 31.5 Å². The first-order chi connectivity index (χ1) is 11.6. The van der Waals surface area contributed by atoms with Crippen LogP contribution in [0.4, 0.5) is 5.69 Å². The number of likely N-dealkylation sites (tertiary alicyclic amines) is 1. The summed E-state index contributed by atoms with van der Waals surface area (Å²) >= 11 is 0. The number of nitrogens with two attached hydrogens (primary N) is 1. The highest BCUT2D eigenvalue weighted by Gasteiger charge is 2.22. The number of carbonyl (C=O) groups excluding carboxylic acids is 2. The largest absolute Gasteiger partial charge is 0.463 e. The summed E-state index contributed by atoms with van der Waals surface area (Å²) in [5.41, 5.74) is 8.36. The summed E-state index contributed by atoms with van der Waals surface area (Å²) in [6.07, 6.45) is 4.07. The molecule has 2 aliphatic rings. The zero-order valence-corrected chi connectivity index (χ0v) is 13.7. The molecule has 6 nitrogen and oxygen atoms in total. The SMILES string of the molecule is CCOC(=O)C1=Cc2ccc(C(=O)N3CCCC3)cc2N=C(N)C1. The first-order valence-corrected chi connectivity index (χ1v) is 8.22. The fraction of sp³-hybridized carbons (Fsp3) is 0.389. The van der Waals surface area contributed by atoms with Crippen LogP contribution in [0.2, 0.25) is 0 Å². The predicted octanol–water partition coefficient (Wildman–Crippen LogP) is 2.26. The number of hydrogen-bond donors (Lipinski definition) is 1. The van der Waals surface area contributed by atoms with E-state index in [4.69, 9.17) is 10.5 Å². The standard InChI is InChI=1S/C18H21N3O3/c1-2-24-18(23)14-9-12-5-6-13(10-15(12)20-16(19)11-14)17(22)21-7-3-4-8-21/h5-6,9-10H,2-4,7-8,11H2,1H3,(H2,19,20). The van der Waals surface area contributed by atoms with Crippen LogP contribution in [0.1, 0.15) is 42.1 Å². The van der Waals surface area contributed by atoms with E-state index < -0.39 is 0 Å². The summed E-state index contributed by atoms with van der Waals surface area (Å²) in [6, 6.07) is 5.32. The lowest BCUT2D eigenvalue weighted by Crippen LogP contribution is -2.27. The molecule has 1 aromatic carbocycles. The van der Waals surface area contributed by atoms with Crippen LogP contribution in [-0.4, -0.2) is 42.3 Å². The molecule has 0 atom stereocenters. The molecule has 1 saturated heterocycles. The molecular weight excluding hydrogens is 306 g/mol. The number of amides is 1. The third-order valence-corrected chi connectivity index (χ3v) is 4.17. The van der Waals surface area contributed by atoms with Crippen molar-refractivity contribution in [2.45, 2.75) is 26.2 Å². The number of aliphatic imine (C=N–C) groups is 1. The van der Waals surface area contributed by atoms with Crippen molar-refractivity contribution in [2.75, 3.05) is 19.7 Å². The molecule has 1 amide bonds. The number of hydrogen-bond acceptors (Lipinski definition) is 5. The number of carbonyl (C=O) groups is 2. The van der Waals surface area contributed by atoms with Gasteiger partial charge in [-0.25, -0.2) is 9.79 Å². The smallest absolute Gasteiger partial charge is 0.334 e. The van der Waals surface area contributed by atoms with Crippen LogP contribution in [0.5, 0.6) is 0 Å². The van der Waals surface area contributed by atoms with Crippen molar-refractivity contribution in [3.63, 3.8) is 0 Å². The highest BCUT2D eigenvalue weighted by atomic mass is 16.5. The summed E-state index contributed by atoms with van der Waals surface area (Å²) in [6.45, 7) is 3.67. The van der Waals surface area contributed by atoms with Crippen LogP contribution in [0.3, 0.4) is 0 Å². The van der Waals surface area contributed by atoms with Gasteiger partial charge in [-0.1, -0.05) is 6.07 Å². The number of benzene rings is 1. The van der Waals surface area contributed by atoms with Gasteiger partial charge in [0.1, 0.15) is 5.84 Å². The third-order valence-electron chi connectivity index (χ3n) is 4.17. The molecule has 3 rings (SSSR count). The Morgan fingerprint density at radius 1 is 1.29 bits per heavy atom. The summed E-state index contributed by atoms with van der Waals surface area (Å²) < 4.78 is 5.05. The van der Waals surface area contributed by atoms with E-state index >= 15 is 0 Å². The Balaban J connectivity index is 1.93. The van der Waals surface area contributed by atoms with E-state index in [1.54, 1.807) is 31.2 Å². The molecule has 0 saturated carbocycles. The zero-order chi connectivity index (χ0) is 17.1. The van der Waals surface area contributed by atoms with Gasteiger partial charge in [-0.3, -0.25) is 4.79 Å². The second kappa shape index (κ2) is 6.86. The van der Waals surface area contributed by atoms with Gasteiger partial charge >= 0.3 is 5.97 Å².